The summed E-state index contributed by atoms with van der Waals surface area (Å²) in [7, 11) is 0. The van der Waals surface area contributed by atoms with Crippen LogP contribution in [0.3, 0.4) is 0 Å². The highest BCUT2D eigenvalue weighted by molar-refractivity contribution is 9.10. The Hall–Kier alpha value is -4.40. The highest BCUT2D eigenvalue weighted by Gasteiger charge is 2.14. The first-order chi connectivity index (χ1) is 19.7. The molecule has 0 spiro atoms. The van der Waals surface area contributed by atoms with Gasteiger partial charge in [-0.05, 0) is 75.8 Å². The lowest BCUT2D eigenvalue weighted by molar-refractivity contribution is 1.18. The molecule has 40 heavy (non-hydrogen) atoms. The van der Waals surface area contributed by atoms with E-state index in [1.807, 2.05) is 13.8 Å². The van der Waals surface area contributed by atoms with Crippen LogP contribution in [0.1, 0.15) is 13.8 Å². The van der Waals surface area contributed by atoms with Crippen molar-refractivity contribution in [3.63, 3.8) is 0 Å². The summed E-state index contributed by atoms with van der Waals surface area (Å²) in [4.78, 5) is 0. The smallest absolute Gasteiger partial charge is 0.0541 e. The van der Waals surface area contributed by atoms with E-state index in [1.54, 1.807) is 0 Å². The Bertz CT molecular complexity index is 1880. The van der Waals surface area contributed by atoms with E-state index in [-0.39, 0.29) is 0 Å². The van der Waals surface area contributed by atoms with Crippen LogP contribution in [-0.4, -0.2) is 4.57 Å². The largest absolute Gasteiger partial charge is 0.309 e. The topological polar surface area (TPSA) is 4.93 Å². The maximum atomic E-state index is 3.70. The summed E-state index contributed by atoms with van der Waals surface area (Å²) >= 11 is 3.70. The van der Waals surface area contributed by atoms with Crippen LogP contribution in [0.5, 0.6) is 0 Å². The van der Waals surface area contributed by atoms with Crippen LogP contribution in [0.2, 0.25) is 0 Å². The first-order valence-electron chi connectivity index (χ1n) is 13.8. The molecule has 0 aliphatic carbocycles. The molecule has 7 rings (SSSR count). The molecule has 0 aliphatic heterocycles. The molecule has 0 aliphatic rings. The second-order valence-corrected chi connectivity index (χ2v) is 10.5. The van der Waals surface area contributed by atoms with Crippen molar-refractivity contribution in [1.29, 1.82) is 0 Å². The molecule has 0 radical (unpaired) electrons. The van der Waals surface area contributed by atoms with Gasteiger partial charge in [0.15, 0.2) is 0 Å². The first kappa shape index (κ1) is 25.9. The summed E-state index contributed by atoms with van der Waals surface area (Å²) in [5.41, 5.74) is 10.9. The van der Waals surface area contributed by atoms with Crippen LogP contribution in [-0.2, 0) is 0 Å². The molecule has 7 aromatic rings. The predicted octanol–water partition coefficient (Wildman–Crippen LogP) is 11.6. The molecule has 0 saturated heterocycles. The number of halogens is 1. The van der Waals surface area contributed by atoms with E-state index in [0.717, 1.165) is 10.2 Å². The molecule has 2 heteroatoms. The third-order valence-electron chi connectivity index (χ3n) is 7.29. The fraction of sp³-hybridized carbons (Fsp3) is 0.0526. The van der Waals surface area contributed by atoms with Gasteiger partial charge in [-0.1, -0.05) is 133 Å². The summed E-state index contributed by atoms with van der Waals surface area (Å²) in [6.07, 6.45) is 0. The molecule has 0 saturated carbocycles. The van der Waals surface area contributed by atoms with Crippen molar-refractivity contribution in [2.24, 2.45) is 0 Å². The van der Waals surface area contributed by atoms with Gasteiger partial charge in [0.05, 0.1) is 11.0 Å². The fourth-order valence-corrected chi connectivity index (χ4v) is 5.73. The average molecular weight is 581 g/mol. The molecule has 194 valence electrons. The molecule has 0 amide bonds. The Morgan fingerprint density at radius 3 is 1.35 bits per heavy atom. The van der Waals surface area contributed by atoms with Crippen molar-refractivity contribution >= 4 is 37.7 Å². The van der Waals surface area contributed by atoms with Gasteiger partial charge in [-0.25, -0.2) is 0 Å². The maximum Gasteiger partial charge on any atom is 0.0541 e. The standard InChI is InChI=1S/C36H24BrN.C2H6/c37-31-18-22-36-34(24-31)33-23-30(29-13-11-27(12-14-29)25-7-3-1-4-8-25)17-21-35(33)38(36)32-19-15-28(16-20-32)26-9-5-2-6-10-26;1-2/h1-24H;1-2H3. The first-order valence-corrected chi connectivity index (χ1v) is 14.6. The lowest BCUT2D eigenvalue weighted by Crippen LogP contribution is -1.93. The summed E-state index contributed by atoms with van der Waals surface area (Å²) in [5, 5.41) is 2.49. The van der Waals surface area contributed by atoms with Gasteiger partial charge in [-0.2, -0.15) is 0 Å². The molecule has 0 N–H and O–H groups in total. The van der Waals surface area contributed by atoms with Gasteiger partial charge in [-0.15, -0.1) is 0 Å². The van der Waals surface area contributed by atoms with E-state index >= 15 is 0 Å². The lowest BCUT2D eigenvalue weighted by atomic mass is 9.99. The molecule has 0 fully saturated rings. The van der Waals surface area contributed by atoms with Crippen LogP contribution in [0, 0.1) is 0 Å². The number of benzene rings is 6. The Labute approximate surface area is 244 Å². The SMILES string of the molecule is Brc1ccc2c(c1)c1cc(-c3ccc(-c4ccccc4)cc3)ccc1n2-c1ccc(-c2ccccc2)cc1.CC. The number of hydrogen-bond acceptors (Lipinski definition) is 0. The van der Waals surface area contributed by atoms with E-state index in [4.69, 9.17) is 0 Å². The van der Waals surface area contributed by atoms with Crippen LogP contribution >= 0.6 is 15.9 Å². The molecule has 0 unspecified atom stereocenters. The Kier molecular flexibility index (Phi) is 7.35. The second kappa shape index (κ2) is 11.4. The zero-order chi connectivity index (χ0) is 27.5. The quantitative estimate of drug-likeness (QED) is 0.195. The average Bonchev–Trinajstić information content (AvgIpc) is 3.36. The van der Waals surface area contributed by atoms with Crippen LogP contribution in [0.4, 0.5) is 0 Å². The van der Waals surface area contributed by atoms with E-state index in [1.165, 1.54) is 55.2 Å². The maximum absolute atomic E-state index is 3.70. The zero-order valence-electron chi connectivity index (χ0n) is 22.7. The number of hydrogen-bond donors (Lipinski definition) is 0. The summed E-state index contributed by atoms with van der Waals surface area (Å²) in [6.45, 7) is 4.00. The molecule has 0 atom stereocenters. The van der Waals surface area contributed by atoms with Gasteiger partial charge in [0.1, 0.15) is 0 Å². The van der Waals surface area contributed by atoms with Crippen molar-refractivity contribution < 1.29 is 0 Å². The summed E-state index contributed by atoms with van der Waals surface area (Å²) in [6, 6.07) is 52.2. The molecule has 1 heterocycles. The molecular formula is C38H30BrN. The number of nitrogens with zero attached hydrogens (tertiary/aromatic N) is 1. The van der Waals surface area contributed by atoms with E-state index < -0.39 is 0 Å². The van der Waals surface area contributed by atoms with Gasteiger partial charge in [0.2, 0.25) is 0 Å². The Morgan fingerprint density at radius 2 is 0.800 bits per heavy atom. The second-order valence-electron chi connectivity index (χ2n) is 9.59. The van der Waals surface area contributed by atoms with Gasteiger partial charge in [-0.3, -0.25) is 0 Å². The van der Waals surface area contributed by atoms with Gasteiger partial charge >= 0.3 is 0 Å². The normalized spacial score (nSPS) is 10.9. The predicted molar refractivity (Wildman–Crippen MR) is 176 cm³/mol. The zero-order valence-corrected chi connectivity index (χ0v) is 24.3. The molecule has 1 nitrogen and oxygen atoms in total. The third kappa shape index (κ3) is 4.87. The lowest BCUT2D eigenvalue weighted by Gasteiger charge is -2.10. The summed E-state index contributed by atoms with van der Waals surface area (Å²) < 4.78 is 3.45. The monoisotopic (exact) mass is 579 g/mol. The third-order valence-corrected chi connectivity index (χ3v) is 7.78. The number of fused-ring (bicyclic) bond motifs is 3. The van der Waals surface area contributed by atoms with Crippen molar-refractivity contribution in [2.75, 3.05) is 0 Å². The minimum Gasteiger partial charge on any atom is -0.309 e. The fourth-order valence-electron chi connectivity index (χ4n) is 5.37. The molecular weight excluding hydrogens is 550 g/mol. The van der Waals surface area contributed by atoms with E-state index in [9.17, 15) is 0 Å². The number of aromatic nitrogens is 1. The molecule has 1 aromatic heterocycles. The highest BCUT2D eigenvalue weighted by atomic mass is 79.9. The van der Waals surface area contributed by atoms with Crippen molar-refractivity contribution in [3.8, 4) is 39.1 Å². The Balaban J connectivity index is 0.00000142. The minimum absolute atomic E-state index is 1.08. The van der Waals surface area contributed by atoms with E-state index in [0.29, 0.717) is 0 Å². The van der Waals surface area contributed by atoms with Gasteiger partial charge in [0, 0.05) is 20.9 Å². The van der Waals surface area contributed by atoms with Gasteiger partial charge in [0.25, 0.3) is 0 Å². The molecule has 0 bridgehead atoms. The van der Waals surface area contributed by atoms with Crippen LogP contribution in [0.25, 0.3) is 60.9 Å². The highest BCUT2D eigenvalue weighted by Crippen LogP contribution is 2.37. The van der Waals surface area contributed by atoms with E-state index in [2.05, 4.69) is 166 Å². The van der Waals surface area contributed by atoms with Crippen LogP contribution < -0.4 is 0 Å². The van der Waals surface area contributed by atoms with Crippen LogP contribution in [0.15, 0.2) is 150 Å². The van der Waals surface area contributed by atoms with Crippen molar-refractivity contribution in [1.82, 2.24) is 4.57 Å². The summed E-state index contributed by atoms with van der Waals surface area (Å²) in [5.74, 6) is 0. The Morgan fingerprint density at radius 1 is 0.400 bits per heavy atom. The van der Waals surface area contributed by atoms with Crippen molar-refractivity contribution in [3.05, 3.63) is 150 Å². The van der Waals surface area contributed by atoms with Crippen molar-refractivity contribution in [2.45, 2.75) is 13.8 Å². The molecule has 6 aromatic carbocycles. The minimum atomic E-state index is 1.08. The number of rotatable bonds is 4. The van der Waals surface area contributed by atoms with Gasteiger partial charge < -0.3 is 4.57 Å².